The Morgan fingerprint density at radius 1 is 1.53 bits per heavy atom. The lowest BCUT2D eigenvalue weighted by Gasteiger charge is -2.12. The monoisotopic (exact) mass is 269 g/mol. The zero-order valence-electron chi connectivity index (χ0n) is 9.98. The number of aromatic nitrogens is 2. The number of hydrogen-bond acceptors (Lipinski definition) is 3. The molecule has 0 radical (unpaired) electrons. The van der Waals surface area contributed by atoms with Gasteiger partial charge in [-0.15, -0.1) is 11.3 Å². The molecule has 0 spiro atoms. The third-order valence-corrected chi connectivity index (χ3v) is 4.16. The van der Waals surface area contributed by atoms with E-state index in [-0.39, 0.29) is 0 Å². The highest BCUT2D eigenvalue weighted by Gasteiger charge is 2.07. The minimum Gasteiger partial charge on any atom is -0.334 e. The second-order valence-electron chi connectivity index (χ2n) is 3.99. The molecule has 92 valence electrons. The first kappa shape index (κ1) is 12.6. The Kier molecular flexibility index (Phi) is 4.20. The fourth-order valence-corrected chi connectivity index (χ4v) is 2.79. The highest BCUT2D eigenvalue weighted by molar-refractivity contribution is 7.16. The molecule has 2 aromatic rings. The fourth-order valence-electron chi connectivity index (χ4n) is 1.70. The van der Waals surface area contributed by atoms with Crippen molar-refractivity contribution in [3.63, 3.8) is 0 Å². The van der Waals surface area contributed by atoms with Gasteiger partial charge in [0.2, 0.25) is 0 Å². The molecule has 1 N–H and O–H groups in total. The van der Waals surface area contributed by atoms with Gasteiger partial charge in [0.05, 0.1) is 4.34 Å². The Morgan fingerprint density at radius 2 is 2.35 bits per heavy atom. The summed E-state index contributed by atoms with van der Waals surface area (Å²) in [7, 11) is 0. The average molecular weight is 270 g/mol. The number of nitrogens with one attached hydrogen (secondary N) is 1. The molecule has 1 unspecified atom stereocenters. The van der Waals surface area contributed by atoms with Crippen molar-refractivity contribution < 1.29 is 0 Å². The summed E-state index contributed by atoms with van der Waals surface area (Å²) in [6.45, 7) is 6.04. The molecule has 0 saturated carbocycles. The number of aryl methyl sites for hydroxylation is 1. The predicted octanol–water partition coefficient (Wildman–Crippen LogP) is 3.26. The molecule has 0 aliphatic rings. The molecule has 2 heterocycles. The fraction of sp³-hybridized carbons (Fsp3) is 0.417. The van der Waals surface area contributed by atoms with Crippen molar-refractivity contribution in [2.75, 3.05) is 6.54 Å². The quantitative estimate of drug-likeness (QED) is 0.903. The summed E-state index contributed by atoms with van der Waals surface area (Å²) in [5.41, 5.74) is 0. The predicted molar refractivity (Wildman–Crippen MR) is 72.7 cm³/mol. The summed E-state index contributed by atoms with van der Waals surface area (Å²) in [6, 6.07) is 4.36. The molecule has 2 aromatic heterocycles. The van der Waals surface area contributed by atoms with Crippen molar-refractivity contribution >= 4 is 22.9 Å². The molecule has 0 aliphatic heterocycles. The first-order chi connectivity index (χ1) is 8.16. The molecule has 0 amide bonds. The molecule has 1 atom stereocenters. The van der Waals surface area contributed by atoms with E-state index in [4.69, 9.17) is 11.6 Å². The van der Waals surface area contributed by atoms with Gasteiger partial charge in [0.25, 0.3) is 0 Å². The number of imidazole rings is 1. The number of hydrogen-bond donors (Lipinski definition) is 1. The van der Waals surface area contributed by atoms with Crippen molar-refractivity contribution in [1.82, 2.24) is 14.9 Å². The Morgan fingerprint density at radius 3 is 2.94 bits per heavy atom. The molecule has 0 saturated heterocycles. The molecule has 0 aliphatic carbocycles. The van der Waals surface area contributed by atoms with Gasteiger partial charge in [0, 0.05) is 36.4 Å². The number of halogens is 1. The summed E-state index contributed by atoms with van der Waals surface area (Å²) in [5.74, 6) is 1.05. The topological polar surface area (TPSA) is 29.9 Å². The van der Waals surface area contributed by atoms with Crippen LogP contribution in [0.15, 0.2) is 24.5 Å². The second-order valence-corrected chi connectivity index (χ2v) is 5.73. The van der Waals surface area contributed by atoms with Crippen LogP contribution in [0.25, 0.3) is 0 Å². The van der Waals surface area contributed by atoms with Crippen LogP contribution < -0.4 is 5.32 Å². The lowest BCUT2D eigenvalue weighted by Crippen LogP contribution is -2.22. The van der Waals surface area contributed by atoms with Crippen molar-refractivity contribution in [3.05, 3.63) is 39.6 Å². The van der Waals surface area contributed by atoms with Gasteiger partial charge in [0.15, 0.2) is 0 Å². The van der Waals surface area contributed by atoms with Gasteiger partial charge in [0.1, 0.15) is 5.82 Å². The van der Waals surface area contributed by atoms with Crippen LogP contribution in [-0.4, -0.2) is 16.1 Å². The molecule has 3 nitrogen and oxygen atoms in total. The Bertz CT molecular complexity index is 478. The number of thiophene rings is 1. The van der Waals surface area contributed by atoms with E-state index in [0.717, 1.165) is 23.3 Å². The summed E-state index contributed by atoms with van der Waals surface area (Å²) in [4.78, 5) is 5.47. The lowest BCUT2D eigenvalue weighted by atomic mass is 10.3. The van der Waals surface area contributed by atoms with E-state index in [9.17, 15) is 0 Å². The van der Waals surface area contributed by atoms with Gasteiger partial charge in [-0.1, -0.05) is 11.6 Å². The smallest absolute Gasteiger partial charge is 0.105 e. The van der Waals surface area contributed by atoms with Gasteiger partial charge in [-0.3, -0.25) is 0 Å². The van der Waals surface area contributed by atoms with Crippen LogP contribution in [0.5, 0.6) is 0 Å². The van der Waals surface area contributed by atoms with Crippen LogP contribution in [0.2, 0.25) is 4.34 Å². The minimum atomic E-state index is 0.344. The first-order valence-electron chi connectivity index (χ1n) is 5.63. The second kappa shape index (κ2) is 5.67. The largest absolute Gasteiger partial charge is 0.334 e. The Labute approximate surface area is 110 Å². The SMILES string of the molecule is Cc1nccn1CCNC(C)c1ccc(Cl)s1. The van der Waals surface area contributed by atoms with E-state index < -0.39 is 0 Å². The minimum absolute atomic E-state index is 0.344. The molecular weight excluding hydrogens is 254 g/mol. The van der Waals surface area contributed by atoms with Crippen LogP contribution in [0.4, 0.5) is 0 Å². The molecule has 0 fully saturated rings. The zero-order chi connectivity index (χ0) is 12.3. The molecule has 0 aromatic carbocycles. The van der Waals surface area contributed by atoms with Crippen molar-refractivity contribution in [3.8, 4) is 0 Å². The number of nitrogens with zero attached hydrogens (tertiary/aromatic N) is 2. The van der Waals surface area contributed by atoms with Gasteiger partial charge >= 0.3 is 0 Å². The standard InChI is InChI=1S/C12H16ClN3S/c1-9(11-3-4-12(13)17-11)14-5-7-16-8-6-15-10(16)2/h3-4,6,8-9,14H,5,7H2,1-2H3. The van der Waals surface area contributed by atoms with E-state index in [2.05, 4.69) is 27.9 Å². The van der Waals surface area contributed by atoms with Crippen molar-refractivity contribution in [2.24, 2.45) is 0 Å². The van der Waals surface area contributed by atoms with Crippen LogP contribution >= 0.6 is 22.9 Å². The maximum absolute atomic E-state index is 5.92. The molecule has 2 rings (SSSR count). The summed E-state index contributed by atoms with van der Waals surface area (Å²) < 4.78 is 2.99. The van der Waals surface area contributed by atoms with E-state index in [1.165, 1.54) is 4.88 Å². The van der Waals surface area contributed by atoms with Gasteiger partial charge in [-0.2, -0.15) is 0 Å². The van der Waals surface area contributed by atoms with Crippen LogP contribution in [0.1, 0.15) is 23.7 Å². The van der Waals surface area contributed by atoms with Crippen molar-refractivity contribution in [1.29, 1.82) is 0 Å². The van der Waals surface area contributed by atoms with Gasteiger partial charge in [-0.05, 0) is 26.0 Å². The van der Waals surface area contributed by atoms with Crippen LogP contribution in [0.3, 0.4) is 0 Å². The summed E-state index contributed by atoms with van der Waals surface area (Å²) in [5, 5.41) is 3.48. The van der Waals surface area contributed by atoms with E-state index in [1.54, 1.807) is 11.3 Å². The van der Waals surface area contributed by atoms with Crippen LogP contribution in [-0.2, 0) is 6.54 Å². The third-order valence-electron chi connectivity index (χ3n) is 2.75. The van der Waals surface area contributed by atoms with E-state index in [0.29, 0.717) is 6.04 Å². The first-order valence-corrected chi connectivity index (χ1v) is 6.82. The summed E-state index contributed by atoms with van der Waals surface area (Å²) in [6.07, 6.45) is 3.83. The van der Waals surface area contributed by atoms with Crippen molar-refractivity contribution in [2.45, 2.75) is 26.4 Å². The molecular formula is C12H16ClN3S. The van der Waals surface area contributed by atoms with E-state index >= 15 is 0 Å². The molecule has 0 bridgehead atoms. The Hall–Kier alpha value is -0.840. The van der Waals surface area contributed by atoms with Gasteiger partial charge < -0.3 is 9.88 Å². The normalized spacial score (nSPS) is 12.9. The summed E-state index contributed by atoms with van der Waals surface area (Å²) >= 11 is 7.55. The zero-order valence-corrected chi connectivity index (χ0v) is 11.6. The van der Waals surface area contributed by atoms with E-state index in [1.807, 2.05) is 25.4 Å². The Balaban J connectivity index is 1.81. The third kappa shape index (κ3) is 3.31. The lowest BCUT2D eigenvalue weighted by molar-refractivity contribution is 0.531. The molecule has 17 heavy (non-hydrogen) atoms. The van der Waals surface area contributed by atoms with Gasteiger partial charge in [-0.25, -0.2) is 4.98 Å². The highest BCUT2D eigenvalue weighted by Crippen LogP contribution is 2.26. The highest BCUT2D eigenvalue weighted by atomic mass is 35.5. The maximum Gasteiger partial charge on any atom is 0.105 e. The number of rotatable bonds is 5. The molecule has 5 heteroatoms. The average Bonchev–Trinajstić information content (AvgIpc) is 2.88. The maximum atomic E-state index is 5.92. The van der Waals surface area contributed by atoms with Crippen LogP contribution in [0, 0.1) is 6.92 Å².